The van der Waals surface area contributed by atoms with Crippen molar-refractivity contribution in [3.63, 3.8) is 0 Å². The largest absolute Gasteiger partial charge is 0.298 e. The molecule has 0 aromatic heterocycles. The maximum atomic E-state index is 14.7. The Balaban J connectivity index is 1.97. The summed E-state index contributed by atoms with van der Waals surface area (Å²) in [6.45, 7) is 0. The molecule has 25 heavy (non-hydrogen) atoms. The lowest BCUT2D eigenvalue weighted by Gasteiger charge is -2.17. The number of fused-ring (bicyclic) bond motifs is 1. The highest BCUT2D eigenvalue weighted by Gasteiger charge is 2.18. The minimum Gasteiger partial charge on any atom is -0.298 e. The molecule has 0 radical (unpaired) electrons. The fraction of sp³-hybridized carbons (Fsp3) is 0.0909. The summed E-state index contributed by atoms with van der Waals surface area (Å²) in [7, 11) is 0. The van der Waals surface area contributed by atoms with Crippen LogP contribution in [0.1, 0.15) is 39.9 Å². The van der Waals surface area contributed by atoms with E-state index in [0.29, 0.717) is 23.1 Å². The Labute approximate surface area is 145 Å². The molecule has 1 aliphatic carbocycles. The Kier molecular flexibility index (Phi) is 3.98. The summed E-state index contributed by atoms with van der Waals surface area (Å²) >= 11 is 0. The minimum atomic E-state index is -0.440. The van der Waals surface area contributed by atoms with Gasteiger partial charge in [-0.2, -0.15) is 0 Å². The Bertz CT molecular complexity index is 979. The lowest BCUT2D eigenvalue weighted by Crippen LogP contribution is -2.10. The van der Waals surface area contributed by atoms with Gasteiger partial charge in [0.05, 0.1) is 11.4 Å². The molecule has 0 bridgehead atoms. The van der Waals surface area contributed by atoms with E-state index in [4.69, 9.17) is 4.99 Å². The van der Waals surface area contributed by atoms with Crippen molar-refractivity contribution in [1.29, 1.82) is 0 Å². The summed E-state index contributed by atoms with van der Waals surface area (Å²) in [4.78, 5) is 15.7. The second-order valence-corrected chi connectivity index (χ2v) is 6.09. The fourth-order valence-electron chi connectivity index (χ4n) is 3.18. The highest BCUT2D eigenvalue weighted by atomic mass is 19.1. The third-order valence-corrected chi connectivity index (χ3v) is 4.48. The van der Waals surface area contributed by atoms with Gasteiger partial charge < -0.3 is 0 Å². The molecule has 0 spiro atoms. The predicted octanol–water partition coefficient (Wildman–Crippen LogP) is 5.11. The standard InChI is InChI=1S/C22H16FNO/c23-20-13-15(14-25)9-12-19(20)22-18-7-3-1-5-16(18)10-11-17-6-2-4-8-21(17)24-22/h1,3-5,7-14H,2,6H2/b11-10-,16-10?,17-11?,22-18?,24-21?,24-22?. The Morgan fingerprint density at radius 2 is 1.88 bits per heavy atom. The van der Waals surface area contributed by atoms with Crippen LogP contribution in [0.3, 0.4) is 0 Å². The molecule has 3 heteroatoms. The number of aldehydes is 1. The monoisotopic (exact) mass is 329 g/mol. The summed E-state index contributed by atoms with van der Waals surface area (Å²) in [5.41, 5.74) is 5.21. The van der Waals surface area contributed by atoms with Crippen LogP contribution in [0.5, 0.6) is 0 Å². The lowest BCUT2D eigenvalue weighted by molar-refractivity contribution is 0.112. The van der Waals surface area contributed by atoms with Crippen molar-refractivity contribution in [3.8, 4) is 0 Å². The van der Waals surface area contributed by atoms with Gasteiger partial charge in [0.2, 0.25) is 0 Å². The molecule has 122 valence electrons. The number of hydrogen-bond acceptors (Lipinski definition) is 2. The van der Waals surface area contributed by atoms with E-state index in [2.05, 4.69) is 18.2 Å². The first kappa shape index (κ1) is 15.5. The van der Waals surface area contributed by atoms with Gasteiger partial charge in [0.15, 0.2) is 0 Å². The Morgan fingerprint density at radius 1 is 1.00 bits per heavy atom. The smallest absolute Gasteiger partial charge is 0.150 e. The van der Waals surface area contributed by atoms with Gasteiger partial charge in [0, 0.05) is 16.7 Å². The second kappa shape index (κ2) is 6.44. The van der Waals surface area contributed by atoms with E-state index in [-0.39, 0.29) is 0 Å². The summed E-state index contributed by atoms with van der Waals surface area (Å²) < 4.78 is 14.7. The van der Waals surface area contributed by atoms with Crippen LogP contribution in [0, 0.1) is 5.82 Å². The predicted molar refractivity (Wildman–Crippen MR) is 98.3 cm³/mol. The van der Waals surface area contributed by atoms with Crippen LogP contribution in [0.4, 0.5) is 4.39 Å². The van der Waals surface area contributed by atoms with E-state index in [0.717, 1.165) is 35.2 Å². The van der Waals surface area contributed by atoms with Gasteiger partial charge in [-0.15, -0.1) is 0 Å². The van der Waals surface area contributed by atoms with E-state index in [1.807, 2.05) is 30.3 Å². The van der Waals surface area contributed by atoms with Gasteiger partial charge in [-0.3, -0.25) is 4.79 Å². The SMILES string of the molecule is O=Cc1ccc(C2=NC3=C(/C=C\c4ccccc42)CCC=C3)c(F)c1. The molecule has 0 N–H and O–H groups in total. The van der Waals surface area contributed by atoms with Gasteiger partial charge >= 0.3 is 0 Å². The van der Waals surface area contributed by atoms with Crippen molar-refractivity contribution < 1.29 is 9.18 Å². The topological polar surface area (TPSA) is 29.4 Å². The van der Waals surface area contributed by atoms with Crippen molar-refractivity contribution in [2.75, 3.05) is 0 Å². The number of rotatable bonds is 2. The maximum Gasteiger partial charge on any atom is 0.150 e. The Hall–Kier alpha value is -3.07. The van der Waals surface area contributed by atoms with Crippen LogP contribution in [0.25, 0.3) is 6.08 Å². The summed E-state index contributed by atoms with van der Waals surface area (Å²) in [5, 5.41) is 0. The molecular formula is C22H16FNO. The van der Waals surface area contributed by atoms with Gasteiger partial charge in [0.25, 0.3) is 0 Å². The van der Waals surface area contributed by atoms with E-state index >= 15 is 0 Å². The van der Waals surface area contributed by atoms with Crippen LogP contribution in [0.15, 0.2) is 77.0 Å². The number of aliphatic imine (C=N–C) groups is 1. The molecule has 0 atom stereocenters. The van der Waals surface area contributed by atoms with Gasteiger partial charge in [-0.05, 0) is 42.2 Å². The third-order valence-electron chi connectivity index (χ3n) is 4.48. The van der Waals surface area contributed by atoms with E-state index in [1.165, 1.54) is 6.07 Å². The number of nitrogens with zero attached hydrogens (tertiary/aromatic N) is 1. The minimum absolute atomic E-state index is 0.318. The molecule has 2 nitrogen and oxygen atoms in total. The summed E-state index contributed by atoms with van der Waals surface area (Å²) in [6, 6.07) is 12.3. The summed E-state index contributed by atoms with van der Waals surface area (Å²) in [6.07, 6.45) is 10.8. The molecule has 1 heterocycles. The molecule has 4 rings (SSSR count). The molecular weight excluding hydrogens is 313 g/mol. The van der Waals surface area contributed by atoms with Crippen LogP contribution in [0.2, 0.25) is 0 Å². The number of halogens is 1. The average Bonchev–Trinajstić information content (AvgIpc) is 2.64. The first-order valence-corrected chi connectivity index (χ1v) is 8.27. The molecule has 0 unspecified atom stereocenters. The van der Waals surface area contributed by atoms with Crippen molar-refractivity contribution in [1.82, 2.24) is 0 Å². The molecule has 0 saturated carbocycles. The van der Waals surface area contributed by atoms with Crippen molar-refractivity contribution in [2.24, 2.45) is 4.99 Å². The number of carbonyl (C=O) groups excluding carboxylic acids is 1. The molecule has 0 fully saturated rings. The van der Waals surface area contributed by atoms with Crippen molar-refractivity contribution in [2.45, 2.75) is 12.8 Å². The van der Waals surface area contributed by atoms with Gasteiger partial charge in [-0.1, -0.05) is 48.6 Å². The quantitative estimate of drug-likeness (QED) is 0.704. The van der Waals surface area contributed by atoms with E-state index < -0.39 is 5.82 Å². The van der Waals surface area contributed by atoms with E-state index in [1.54, 1.807) is 12.1 Å². The number of benzene rings is 2. The van der Waals surface area contributed by atoms with Crippen LogP contribution in [-0.4, -0.2) is 12.0 Å². The Morgan fingerprint density at radius 3 is 2.72 bits per heavy atom. The van der Waals surface area contributed by atoms with Crippen LogP contribution < -0.4 is 0 Å². The molecule has 1 aliphatic heterocycles. The first-order valence-electron chi connectivity index (χ1n) is 8.27. The lowest BCUT2D eigenvalue weighted by atomic mass is 9.92. The number of carbonyl (C=O) groups is 1. The zero-order valence-electron chi connectivity index (χ0n) is 13.6. The highest BCUT2D eigenvalue weighted by Crippen LogP contribution is 2.28. The highest BCUT2D eigenvalue weighted by molar-refractivity contribution is 6.15. The zero-order chi connectivity index (χ0) is 17.2. The average molecular weight is 329 g/mol. The number of allylic oxidation sites excluding steroid dienone is 4. The molecule has 2 aromatic rings. The second-order valence-electron chi connectivity index (χ2n) is 6.09. The summed E-state index contributed by atoms with van der Waals surface area (Å²) in [5.74, 6) is -0.440. The molecule has 2 aromatic carbocycles. The van der Waals surface area contributed by atoms with Crippen LogP contribution in [-0.2, 0) is 0 Å². The maximum absolute atomic E-state index is 14.7. The van der Waals surface area contributed by atoms with Crippen LogP contribution >= 0.6 is 0 Å². The van der Waals surface area contributed by atoms with Crippen molar-refractivity contribution >= 4 is 18.1 Å². The number of hydrogen-bond donors (Lipinski definition) is 0. The van der Waals surface area contributed by atoms with Crippen molar-refractivity contribution in [3.05, 3.63) is 100 Å². The fourth-order valence-corrected chi connectivity index (χ4v) is 3.18. The third kappa shape index (κ3) is 2.89. The van der Waals surface area contributed by atoms with Gasteiger partial charge in [-0.25, -0.2) is 9.38 Å². The first-order chi connectivity index (χ1) is 12.3. The van der Waals surface area contributed by atoms with Gasteiger partial charge in [0.1, 0.15) is 12.1 Å². The molecule has 2 aliphatic rings. The molecule has 0 amide bonds. The normalized spacial score (nSPS) is 17.1. The van der Waals surface area contributed by atoms with E-state index in [9.17, 15) is 9.18 Å². The zero-order valence-corrected chi connectivity index (χ0v) is 13.6. The molecule has 0 saturated heterocycles.